The molecule has 2 aliphatic rings. The summed E-state index contributed by atoms with van der Waals surface area (Å²) < 4.78 is 21.9. The molecule has 0 spiro atoms. The SMILES string of the molecule is COc1cc(C2/C(=C(/O)c3ccc(Cl)cc3)C(=O)C(=O)N2CCN2CCOCC2)cc(OC)c1OC. The molecular formula is C26H29ClN2O7. The van der Waals surface area contributed by atoms with Crippen LogP contribution in [0.25, 0.3) is 5.76 Å². The number of carbonyl (C=O) groups is 2. The van der Waals surface area contributed by atoms with Crippen LogP contribution >= 0.6 is 11.6 Å². The number of halogens is 1. The van der Waals surface area contributed by atoms with Crippen LogP contribution in [0, 0.1) is 0 Å². The molecule has 9 nitrogen and oxygen atoms in total. The standard InChI is InChI=1S/C26H29ClN2O7/c1-33-19-14-17(15-20(34-2)25(19)35-3)22-21(23(30)16-4-6-18(27)7-5-16)24(31)26(32)29(22)9-8-28-10-12-36-13-11-28/h4-7,14-15,22,30H,8-13H2,1-3H3/b23-21-. The quantitative estimate of drug-likeness (QED) is 0.325. The van der Waals surface area contributed by atoms with Crippen LogP contribution in [0.2, 0.25) is 5.02 Å². The molecule has 0 radical (unpaired) electrons. The highest BCUT2D eigenvalue weighted by Gasteiger charge is 2.46. The first kappa shape index (κ1) is 25.8. The zero-order valence-electron chi connectivity index (χ0n) is 20.5. The first-order valence-electron chi connectivity index (χ1n) is 11.5. The van der Waals surface area contributed by atoms with E-state index in [1.54, 1.807) is 36.4 Å². The molecule has 0 saturated carbocycles. The van der Waals surface area contributed by atoms with Gasteiger partial charge in [0.1, 0.15) is 5.76 Å². The van der Waals surface area contributed by atoms with E-state index in [0.29, 0.717) is 53.2 Å². The third-order valence-corrected chi connectivity index (χ3v) is 6.67. The minimum atomic E-state index is -0.865. The third kappa shape index (κ3) is 5.00. The van der Waals surface area contributed by atoms with Gasteiger partial charge in [-0.3, -0.25) is 14.5 Å². The molecule has 0 bridgehead atoms. The van der Waals surface area contributed by atoms with E-state index < -0.39 is 17.7 Å². The predicted octanol–water partition coefficient (Wildman–Crippen LogP) is 3.12. The molecule has 0 aliphatic carbocycles. The fourth-order valence-electron chi connectivity index (χ4n) is 4.55. The molecule has 36 heavy (non-hydrogen) atoms. The van der Waals surface area contributed by atoms with E-state index >= 15 is 0 Å². The molecule has 0 aromatic heterocycles. The Morgan fingerprint density at radius 2 is 1.61 bits per heavy atom. The molecule has 2 aromatic rings. The number of hydrogen-bond acceptors (Lipinski definition) is 8. The second-order valence-corrected chi connectivity index (χ2v) is 8.85. The number of benzene rings is 2. The molecule has 2 saturated heterocycles. The van der Waals surface area contributed by atoms with E-state index in [2.05, 4.69) is 4.90 Å². The summed E-state index contributed by atoms with van der Waals surface area (Å²) in [6.45, 7) is 3.55. The molecule has 10 heteroatoms. The molecule has 2 aliphatic heterocycles. The number of aliphatic hydroxyl groups is 1. The summed E-state index contributed by atoms with van der Waals surface area (Å²) in [4.78, 5) is 30.2. The lowest BCUT2D eigenvalue weighted by Crippen LogP contribution is -2.42. The highest BCUT2D eigenvalue weighted by Crippen LogP contribution is 2.45. The van der Waals surface area contributed by atoms with Crippen molar-refractivity contribution < 1.29 is 33.6 Å². The van der Waals surface area contributed by atoms with Crippen molar-refractivity contribution in [3.8, 4) is 17.2 Å². The van der Waals surface area contributed by atoms with Crippen molar-refractivity contribution in [1.29, 1.82) is 0 Å². The van der Waals surface area contributed by atoms with Crippen molar-refractivity contribution in [3.05, 3.63) is 58.1 Å². The Morgan fingerprint density at radius 1 is 1.00 bits per heavy atom. The van der Waals surface area contributed by atoms with Gasteiger partial charge in [-0.15, -0.1) is 0 Å². The smallest absolute Gasteiger partial charge is 0.295 e. The van der Waals surface area contributed by atoms with Crippen molar-refractivity contribution in [2.75, 3.05) is 60.7 Å². The molecule has 1 unspecified atom stereocenters. The Kier molecular flexibility index (Phi) is 8.03. The van der Waals surface area contributed by atoms with E-state index in [-0.39, 0.29) is 17.9 Å². The van der Waals surface area contributed by atoms with E-state index in [4.69, 9.17) is 30.5 Å². The maximum Gasteiger partial charge on any atom is 0.295 e. The Labute approximate surface area is 214 Å². The second-order valence-electron chi connectivity index (χ2n) is 8.41. The van der Waals surface area contributed by atoms with Crippen molar-refractivity contribution >= 4 is 29.1 Å². The van der Waals surface area contributed by atoms with Gasteiger partial charge in [-0.2, -0.15) is 0 Å². The van der Waals surface area contributed by atoms with E-state index in [1.807, 2.05) is 0 Å². The first-order valence-corrected chi connectivity index (χ1v) is 11.9. The summed E-state index contributed by atoms with van der Waals surface area (Å²) >= 11 is 6.01. The van der Waals surface area contributed by atoms with Gasteiger partial charge in [0.15, 0.2) is 11.5 Å². The number of methoxy groups -OCH3 is 3. The van der Waals surface area contributed by atoms with E-state index in [9.17, 15) is 14.7 Å². The van der Waals surface area contributed by atoms with Gasteiger partial charge in [-0.25, -0.2) is 0 Å². The zero-order valence-corrected chi connectivity index (χ0v) is 21.2. The van der Waals surface area contributed by atoms with Gasteiger partial charge in [0.05, 0.1) is 46.2 Å². The van der Waals surface area contributed by atoms with Crippen LogP contribution in [-0.4, -0.2) is 87.3 Å². The number of likely N-dealkylation sites (tertiary alicyclic amines) is 1. The van der Waals surface area contributed by atoms with Crippen LogP contribution in [0.3, 0.4) is 0 Å². The lowest BCUT2D eigenvalue weighted by molar-refractivity contribution is -0.140. The minimum absolute atomic E-state index is 0.0152. The van der Waals surface area contributed by atoms with Gasteiger partial charge < -0.3 is 29.0 Å². The topological polar surface area (TPSA) is 97.8 Å². The van der Waals surface area contributed by atoms with E-state index in [1.165, 1.54) is 26.2 Å². The average Bonchev–Trinajstić information content (AvgIpc) is 3.16. The molecule has 2 fully saturated rings. The molecule has 1 atom stereocenters. The largest absolute Gasteiger partial charge is 0.507 e. The van der Waals surface area contributed by atoms with Crippen LogP contribution in [-0.2, 0) is 14.3 Å². The van der Waals surface area contributed by atoms with Gasteiger partial charge in [0.25, 0.3) is 11.7 Å². The number of carbonyl (C=O) groups excluding carboxylic acids is 2. The van der Waals surface area contributed by atoms with Crippen molar-refractivity contribution in [2.45, 2.75) is 6.04 Å². The maximum atomic E-state index is 13.3. The fraction of sp³-hybridized carbons (Fsp3) is 0.385. The summed E-state index contributed by atoms with van der Waals surface area (Å²) in [5.41, 5.74) is 0.905. The molecule has 2 aromatic carbocycles. The third-order valence-electron chi connectivity index (χ3n) is 6.42. The normalized spacial score (nSPS) is 20.0. The van der Waals surface area contributed by atoms with Crippen molar-refractivity contribution in [2.24, 2.45) is 0 Å². The molecule has 1 N–H and O–H groups in total. The number of aliphatic hydroxyl groups excluding tert-OH is 1. The van der Waals surface area contributed by atoms with Crippen LogP contribution in [0.15, 0.2) is 42.0 Å². The van der Waals surface area contributed by atoms with Crippen LogP contribution in [0.4, 0.5) is 0 Å². The minimum Gasteiger partial charge on any atom is -0.507 e. The fourth-order valence-corrected chi connectivity index (χ4v) is 4.68. The van der Waals surface area contributed by atoms with Gasteiger partial charge >= 0.3 is 0 Å². The van der Waals surface area contributed by atoms with Crippen molar-refractivity contribution in [3.63, 3.8) is 0 Å². The van der Waals surface area contributed by atoms with Crippen LogP contribution in [0.1, 0.15) is 17.2 Å². The molecular weight excluding hydrogens is 488 g/mol. The lowest BCUT2D eigenvalue weighted by Gasteiger charge is -2.31. The highest BCUT2D eigenvalue weighted by atomic mass is 35.5. The maximum absolute atomic E-state index is 13.3. The second kappa shape index (κ2) is 11.2. The summed E-state index contributed by atoms with van der Waals surface area (Å²) in [5.74, 6) is -0.598. The Morgan fingerprint density at radius 3 is 2.17 bits per heavy atom. The number of ether oxygens (including phenoxy) is 4. The Hall–Kier alpha value is -3.27. The van der Waals surface area contributed by atoms with Crippen molar-refractivity contribution in [1.82, 2.24) is 9.80 Å². The number of morpholine rings is 1. The predicted molar refractivity (Wildman–Crippen MR) is 134 cm³/mol. The number of ketones is 1. The van der Waals surface area contributed by atoms with Gasteiger partial charge in [-0.1, -0.05) is 11.6 Å². The van der Waals surface area contributed by atoms with E-state index in [0.717, 1.165) is 13.1 Å². The van der Waals surface area contributed by atoms with Crippen LogP contribution in [0.5, 0.6) is 17.2 Å². The number of nitrogens with zero attached hydrogens (tertiary/aromatic N) is 2. The lowest BCUT2D eigenvalue weighted by atomic mass is 9.94. The number of Topliss-reactive ketones (excluding diaryl/α,β-unsaturated/α-hetero) is 1. The van der Waals surface area contributed by atoms with Crippen LogP contribution < -0.4 is 14.2 Å². The molecule has 1 amide bonds. The summed E-state index contributed by atoms with van der Waals surface area (Å²) in [5, 5.41) is 11.7. The van der Waals surface area contributed by atoms with Gasteiger partial charge in [0, 0.05) is 36.8 Å². The molecule has 2 heterocycles. The molecule has 4 rings (SSSR count). The number of hydrogen-bond donors (Lipinski definition) is 1. The van der Waals surface area contributed by atoms with Gasteiger partial charge in [0.2, 0.25) is 5.75 Å². The monoisotopic (exact) mass is 516 g/mol. The number of rotatable bonds is 8. The molecule has 192 valence electrons. The van der Waals surface area contributed by atoms with Gasteiger partial charge in [-0.05, 0) is 42.0 Å². The summed E-state index contributed by atoms with van der Waals surface area (Å²) in [7, 11) is 4.48. The highest BCUT2D eigenvalue weighted by molar-refractivity contribution is 6.46. The number of amides is 1. The Bertz CT molecular complexity index is 1130. The zero-order chi connectivity index (χ0) is 25.8. The Balaban J connectivity index is 1.83. The summed E-state index contributed by atoms with van der Waals surface area (Å²) in [6, 6.07) is 8.94. The first-order chi connectivity index (χ1) is 17.4. The summed E-state index contributed by atoms with van der Waals surface area (Å²) in [6.07, 6.45) is 0. The average molecular weight is 517 g/mol.